The second-order valence-corrected chi connectivity index (χ2v) is 11.5. The van der Waals surface area contributed by atoms with Crippen molar-refractivity contribution in [2.75, 3.05) is 42.0 Å². The third kappa shape index (κ3) is 7.14. The summed E-state index contributed by atoms with van der Waals surface area (Å²) in [5.41, 5.74) is 2.12. The molecule has 13 heteroatoms. The Morgan fingerprint density at radius 2 is 1.85 bits per heavy atom. The summed E-state index contributed by atoms with van der Waals surface area (Å²) < 4.78 is 73.6. The monoisotopic (exact) mass is 586 g/mol. The fourth-order valence-corrected chi connectivity index (χ4v) is 5.72. The van der Waals surface area contributed by atoms with Crippen LogP contribution in [0, 0.1) is 11.8 Å². The number of hydrogen-bond acceptors (Lipinski definition) is 7. The highest BCUT2D eigenvalue weighted by Gasteiger charge is 2.30. The minimum atomic E-state index is -4.41. The van der Waals surface area contributed by atoms with Gasteiger partial charge >= 0.3 is 6.18 Å². The van der Waals surface area contributed by atoms with Gasteiger partial charge in [-0.05, 0) is 81.4 Å². The van der Waals surface area contributed by atoms with Crippen LogP contribution in [0.1, 0.15) is 18.5 Å². The average molecular weight is 587 g/mol. The molecule has 0 unspecified atom stereocenters. The lowest BCUT2D eigenvalue weighted by Gasteiger charge is -2.30. The van der Waals surface area contributed by atoms with E-state index in [1.54, 1.807) is 30.3 Å². The smallest absolute Gasteiger partial charge is 0.382 e. The lowest BCUT2D eigenvalue weighted by molar-refractivity contribution is -0.140. The summed E-state index contributed by atoms with van der Waals surface area (Å²) in [5, 5.41) is 10.8. The average Bonchev–Trinajstić information content (AvgIpc) is 3.55. The van der Waals surface area contributed by atoms with Crippen LogP contribution in [0.2, 0.25) is 0 Å². The number of aromatic nitrogens is 2. The first-order valence-electron chi connectivity index (χ1n) is 13.0. The first kappa shape index (κ1) is 28.4. The zero-order valence-corrected chi connectivity index (χ0v) is 23.0. The fourth-order valence-electron chi connectivity index (χ4n) is 4.73. The van der Waals surface area contributed by atoms with Gasteiger partial charge in [0.2, 0.25) is 0 Å². The van der Waals surface area contributed by atoms with E-state index in [0.29, 0.717) is 16.6 Å². The summed E-state index contributed by atoms with van der Waals surface area (Å²) in [4.78, 5) is 2.28. The van der Waals surface area contributed by atoms with Crippen molar-refractivity contribution < 1.29 is 26.1 Å². The molecule has 0 atom stereocenters. The van der Waals surface area contributed by atoms with Gasteiger partial charge in [-0.2, -0.15) is 13.2 Å². The molecule has 0 saturated carbocycles. The number of alkyl halides is 3. The molecule has 0 amide bonds. The number of nitrogens with one attached hydrogen (secondary N) is 3. The highest BCUT2D eigenvalue weighted by molar-refractivity contribution is 7.92. The molecular weight excluding hydrogens is 557 g/mol. The second-order valence-electron chi connectivity index (χ2n) is 9.86. The Morgan fingerprint density at radius 1 is 1.10 bits per heavy atom. The number of rotatable bonds is 8. The molecule has 3 heterocycles. The number of anilines is 3. The van der Waals surface area contributed by atoms with Crippen molar-refractivity contribution >= 4 is 38.1 Å². The summed E-state index contributed by atoms with van der Waals surface area (Å²) in [6.45, 7) is 0.913. The lowest BCUT2D eigenvalue weighted by atomic mass is 10.0. The Balaban J connectivity index is 1.31. The highest BCUT2D eigenvalue weighted by atomic mass is 32.2. The molecule has 1 saturated heterocycles. The van der Waals surface area contributed by atoms with Gasteiger partial charge in [0, 0.05) is 28.9 Å². The molecule has 4 aromatic rings. The number of fused-ring (bicyclic) bond motifs is 1. The molecule has 3 N–H and O–H groups in total. The molecule has 5 rings (SSSR count). The van der Waals surface area contributed by atoms with Crippen molar-refractivity contribution in [2.45, 2.75) is 36.5 Å². The van der Waals surface area contributed by atoms with Crippen LogP contribution in [-0.2, 0) is 16.6 Å². The first-order chi connectivity index (χ1) is 19.6. The molecule has 0 radical (unpaired) electrons. The Bertz CT molecular complexity index is 1650. The molecule has 1 fully saturated rings. The number of likely N-dealkylation sites (tertiary alicyclic amines) is 1. The molecule has 1 aliphatic heterocycles. The first-order valence-corrected chi connectivity index (χ1v) is 14.5. The second kappa shape index (κ2) is 11.8. The number of nitrogens with zero attached hydrogens (tertiary/aromatic N) is 3. The molecule has 2 aromatic carbocycles. The Hall–Kier alpha value is -4.15. The minimum Gasteiger partial charge on any atom is -0.382 e. The van der Waals surface area contributed by atoms with Crippen LogP contribution >= 0.6 is 0 Å². The van der Waals surface area contributed by atoms with Gasteiger partial charge in [-0.3, -0.25) is 4.72 Å². The molecule has 2 aromatic heterocycles. The van der Waals surface area contributed by atoms with E-state index in [0.717, 1.165) is 31.6 Å². The van der Waals surface area contributed by atoms with Crippen LogP contribution in [0.15, 0.2) is 70.3 Å². The van der Waals surface area contributed by atoms with Gasteiger partial charge in [0.15, 0.2) is 5.82 Å². The quantitative estimate of drug-likeness (QED) is 0.251. The SMILES string of the molecule is CN1CCC(Nc2cccc3c2cc(C#CCNc2ccc(S(=O)(=O)Nc4ccon4)cc2)n3CC(F)(F)F)CC1. The van der Waals surface area contributed by atoms with Gasteiger partial charge < -0.3 is 24.6 Å². The zero-order valence-electron chi connectivity index (χ0n) is 22.2. The molecule has 0 spiro atoms. The van der Waals surface area contributed by atoms with Crippen molar-refractivity contribution in [2.24, 2.45) is 0 Å². The standard InChI is InChI=1S/C28H29F3N6O3S/c1-36-15-11-21(12-16-36)33-25-5-2-6-26-24(25)18-22(37(26)19-28(29,30)31)4-3-14-32-20-7-9-23(10-8-20)41(38,39)35-27-13-17-40-34-27/h2,5-10,13,17-18,21,32-33H,11-12,14-16,19H2,1H3,(H,34,35). The maximum Gasteiger partial charge on any atom is 0.406 e. The molecule has 216 valence electrons. The normalized spacial score (nSPS) is 14.9. The van der Waals surface area contributed by atoms with Gasteiger partial charge in [0.25, 0.3) is 10.0 Å². The van der Waals surface area contributed by atoms with E-state index in [1.807, 2.05) is 6.07 Å². The van der Waals surface area contributed by atoms with Crippen molar-refractivity contribution in [3.63, 3.8) is 0 Å². The molecule has 9 nitrogen and oxygen atoms in total. The van der Waals surface area contributed by atoms with Gasteiger partial charge in [0.05, 0.1) is 22.7 Å². The molecular formula is C28H29F3N6O3S. The van der Waals surface area contributed by atoms with Gasteiger partial charge in [-0.1, -0.05) is 17.1 Å². The third-order valence-electron chi connectivity index (χ3n) is 6.80. The summed E-state index contributed by atoms with van der Waals surface area (Å²) in [7, 11) is -1.76. The minimum absolute atomic E-state index is 0.0264. The predicted molar refractivity (Wildman–Crippen MR) is 151 cm³/mol. The van der Waals surface area contributed by atoms with E-state index in [4.69, 9.17) is 0 Å². The fraction of sp³-hybridized carbons (Fsp3) is 0.321. The van der Waals surface area contributed by atoms with E-state index in [9.17, 15) is 21.6 Å². The van der Waals surface area contributed by atoms with Crippen molar-refractivity contribution in [3.8, 4) is 11.8 Å². The van der Waals surface area contributed by atoms with E-state index in [1.165, 1.54) is 29.0 Å². The highest BCUT2D eigenvalue weighted by Crippen LogP contribution is 2.31. The van der Waals surface area contributed by atoms with Gasteiger partial charge in [-0.15, -0.1) is 0 Å². The van der Waals surface area contributed by atoms with E-state index in [2.05, 4.69) is 48.8 Å². The Morgan fingerprint density at radius 3 is 2.54 bits per heavy atom. The number of benzene rings is 2. The number of piperidine rings is 1. The molecule has 1 aliphatic rings. The molecule has 0 aliphatic carbocycles. The number of sulfonamides is 1. The van der Waals surface area contributed by atoms with Crippen molar-refractivity contribution in [3.05, 3.63) is 66.6 Å². The van der Waals surface area contributed by atoms with Crippen LogP contribution in [0.25, 0.3) is 10.9 Å². The maximum atomic E-state index is 13.5. The topological polar surface area (TPSA) is 104 Å². The molecule has 0 bridgehead atoms. The summed E-state index contributed by atoms with van der Waals surface area (Å²) in [5.74, 6) is 5.84. The van der Waals surface area contributed by atoms with Crippen LogP contribution in [0.4, 0.5) is 30.4 Å². The van der Waals surface area contributed by atoms with Crippen LogP contribution in [0.5, 0.6) is 0 Å². The summed E-state index contributed by atoms with van der Waals surface area (Å²) >= 11 is 0. The predicted octanol–water partition coefficient (Wildman–Crippen LogP) is 4.96. The Kier molecular flexibility index (Phi) is 8.14. The van der Waals surface area contributed by atoms with Crippen LogP contribution < -0.4 is 15.4 Å². The summed E-state index contributed by atoms with van der Waals surface area (Å²) in [6.07, 6.45) is -1.25. The van der Waals surface area contributed by atoms with Crippen LogP contribution in [-0.4, -0.2) is 61.9 Å². The van der Waals surface area contributed by atoms with Gasteiger partial charge in [-0.25, -0.2) is 8.42 Å². The number of hydrogen-bond donors (Lipinski definition) is 3. The Labute approximate surface area is 235 Å². The maximum absolute atomic E-state index is 13.5. The van der Waals surface area contributed by atoms with Crippen LogP contribution in [0.3, 0.4) is 0 Å². The largest absolute Gasteiger partial charge is 0.406 e. The van der Waals surface area contributed by atoms with Crippen molar-refractivity contribution in [1.29, 1.82) is 0 Å². The number of halogens is 3. The zero-order chi connectivity index (χ0) is 29.0. The van der Waals surface area contributed by atoms with Crippen molar-refractivity contribution in [1.82, 2.24) is 14.6 Å². The van der Waals surface area contributed by atoms with E-state index >= 15 is 0 Å². The van der Waals surface area contributed by atoms with E-state index in [-0.39, 0.29) is 29.0 Å². The third-order valence-corrected chi connectivity index (χ3v) is 8.17. The van der Waals surface area contributed by atoms with E-state index < -0.39 is 22.7 Å². The summed E-state index contributed by atoms with van der Waals surface area (Å²) in [6, 6.07) is 14.6. The lowest BCUT2D eigenvalue weighted by Crippen LogP contribution is -2.36. The van der Waals surface area contributed by atoms with Gasteiger partial charge in [0.1, 0.15) is 12.8 Å². The molecule has 41 heavy (non-hydrogen) atoms.